The molecule has 0 aromatic heterocycles. The summed E-state index contributed by atoms with van der Waals surface area (Å²) in [4.78, 5) is 37.9. The van der Waals surface area contributed by atoms with Gasteiger partial charge in [0.05, 0.1) is 6.10 Å². The van der Waals surface area contributed by atoms with Gasteiger partial charge in [0.2, 0.25) is 6.29 Å². The van der Waals surface area contributed by atoms with Crippen LogP contribution in [-0.2, 0) is 23.9 Å². The van der Waals surface area contributed by atoms with E-state index in [-0.39, 0.29) is 29.0 Å². The number of fused-ring (bicyclic) bond motifs is 5. The highest BCUT2D eigenvalue weighted by molar-refractivity contribution is 5.91. The van der Waals surface area contributed by atoms with Crippen molar-refractivity contribution in [2.75, 3.05) is 0 Å². The average molecular weight is 487 g/mol. The fraction of sp³-hybridized carbons (Fsp3) is 0.750. The number of hydrogen-bond acceptors (Lipinski definition) is 7. The molecular formula is C28H38O7. The standard InChI is InChI=1S/C28H38O7/c1-14(29)34-23-21(32)22-25(2,3)19(30)10-12-27(22,5)18-9-11-26(4)16(7-8-17(26)28(18,23)6)15-13-20(31)35-24(15)33/h8,13,16,18,20-23,31-32H,7,9-12H2,1-6H3/t16-,18+,20?,21+,22-,23+,26-,27+,28-/m0/s1. The lowest BCUT2D eigenvalue weighted by atomic mass is 9.36. The summed E-state index contributed by atoms with van der Waals surface area (Å²) in [6.07, 6.45) is 4.11. The highest BCUT2D eigenvalue weighted by atomic mass is 16.6. The van der Waals surface area contributed by atoms with E-state index in [0.29, 0.717) is 24.8 Å². The second kappa shape index (κ2) is 7.51. The molecule has 0 spiro atoms. The van der Waals surface area contributed by atoms with Gasteiger partial charge in [-0.05, 0) is 48.5 Å². The van der Waals surface area contributed by atoms with Crippen LogP contribution in [0.25, 0.3) is 0 Å². The van der Waals surface area contributed by atoms with E-state index < -0.39 is 46.7 Å². The number of carbonyl (C=O) groups is 3. The molecule has 0 bridgehead atoms. The first-order chi connectivity index (χ1) is 16.2. The summed E-state index contributed by atoms with van der Waals surface area (Å²) in [6.45, 7) is 11.7. The minimum atomic E-state index is -1.22. The van der Waals surface area contributed by atoms with Gasteiger partial charge in [-0.1, -0.05) is 46.3 Å². The van der Waals surface area contributed by atoms with Crippen LogP contribution in [0, 0.1) is 39.4 Å². The Hall–Kier alpha value is -1.99. The van der Waals surface area contributed by atoms with Crippen molar-refractivity contribution in [2.45, 2.75) is 92.1 Å². The molecule has 0 aromatic rings. The van der Waals surface area contributed by atoms with Gasteiger partial charge < -0.3 is 19.7 Å². The molecule has 1 aliphatic heterocycles. The van der Waals surface area contributed by atoms with Crippen LogP contribution in [0.5, 0.6) is 0 Å². The minimum absolute atomic E-state index is 0.0910. The van der Waals surface area contributed by atoms with Gasteiger partial charge in [-0.25, -0.2) is 4.79 Å². The minimum Gasteiger partial charge on any atom is -0.459 e. The molecule has 0 saturated heterocycles. The second-order valence-electron chi connectivity index (χ2n) is 12.8. The number of hydrogen-bond donors (Lipinski definition) is 2. The molecule has 5 rings (SSSR count). The lowest BCUT2D eigenvalue weighted by molar-refractivity contribution is -0.246. The highest BCUT2D eigenvalue weighted by Crippen LogP contribution is 2.73. The van der Waals surface area contributed by atoms with Crippen molar-refractivity contribution in [3.63, 3.8) is 0 Å². The molecule has 0 amide bonds. The van der Waals surface area contributed by atoms with Crippen molar-refractivity contribution in [1.82, 2.24) is 0 Å². The molecule has 0 aromatic carbocycles. The van der Waals surface area contributed by atoms with Crippen molar-refractivity contribution in [3.8, 4) is 0 Å². The Balaban J connectivity index is 1.64. The Morgan fingerprint density at radius 3 is 2.40 bits per heavy atom. The van der Waals surface area contributed by atoms with Crippen LogP contribution in [0.3, 0.4) is 0 Å². The van der Waals surface area contributed by atoms with E-state index in [0.717, 1.165) is 18.4 Å². The maximum absolute atomic E-state index is 13.0. The third-order valence-corrected chi connectivity index (χ3v) is 10.8. The van der Waals surface area contributed by atoms with Gasteiger partial charge in [0.1, 0.15) is 11.9 Å². The first-order valence-corrected chi connectivity index (χ1v) is 12.9. The fourth-order valence-corrected chi connectivity index (χ4v) is 9.49. The van der Waals surface area contributed by atoms with E-state index in [1.54, 1.807) is 0 Å². The van der Waals surface area contributed by atoms with Crippen LogP contribution in [0.15, 0.2) is 23.3 Å². The summed E-state index contributed by atoms with van der Waals surface area (Å²) in [5.74, 6) is -1.17. The Bertz CT molecular complexity index is 1060. The number of Topliss-reactive ketones (excluding diaryl/α,β-unsaturated/α-hetero) is 1. The van der Waals surface area contributed by atoms with Crippen molar-refractivity contribution < 1.29 is 34.1 Å². The summed E-state index contributed by atoms with van der Waals surface area (Å²) in [6, 6.07) is 0. The SMILES string of the molecule is CC(=O)O[C@@H]1[C@H](O)[C@H]2C(C)(C)C(=O)CC[C@]2(C)[C@H]2CC[C@]3(C)C(=CC[C@H]3C3=CC(O)OC3=O)[C@]12C. The molecule has 0 radical (unpaired) electrons. The van der Waals surface area contributed by atoms with Crippen molar-refractivity contribution in [1.29, 1.82) is 0 Å². The first-order valence-electron chi connectivity index (χ1n) is 12.9. The predicted molar refractivity (Wildman–Crippen MR) is 126 cm³/mol. The molecule has 7 heteroatoms. The molecule has 1 heterocycles. The topological polar surface area (TPSA) is 110 Å². The number of rotatable bonds is 2. The van der Waals surface area contributed by atoms with Crippen molar-refractivity contribution in [3.05, 3.63) is 23.3 Å². The maximum atomic E-state index is 13.0. The smallest absolute Gasteiger partial charge is 0.336 e. The first kappa shape index (κ1) is 24.7. The molecule has 3 saturated carbocycles. The third kappa shape index (κ3) is 3.06. The predicted octanol–water partition coefficient (Wildman–Crippen LogP) is 3.47. The normalized spacial score (nSPS) is 48.2. The molecule has 7 nitrogen and oxygen atoms in total. The summed E-state index contributed by atoms with van der Waals surface area (Å²) in [5.41, 5.74) is -0.487. The quantitative estimate of drug-likeness (QED) is 0.454. The molecule has 5 aliphatic rings. The average Bonchev–Trinajstić information content (AvgIpc) is 3.26. The number of aliphatic hydroxyl groups excluding tert-OH is 2. The number of cyclic esters (lactones) is 1. The summed E-state index contributed by atoms with van der Waals surface area (Å²) >= 11 is 0. The zero-order valence-electron chi connectivity index (χ0n) is 21.6. The van der Waals surface area contributed by atoms with E-state index in [2.05, 4.69) is 26.8 Å². The molecule has 2 N–H and O–H groups in total. The Labute approximate surface area is 206 Å². The highest BCUT2D eigenvalue weighted by Gasteiger charge is 2.72. The van der Waals surface area contributed by atoms with Crippen molar-refractivity contribution >= 4 is 17.7 Å². The Morgan fingerprint density at radius 1 is 1.11 bits per heavy atom. The number of ether oxygens (including phenoxy) is 2. The van der Waals surface area contributed by atoms with Crippen LogP contribution < -0.4 is 0 Å². The molecule has 192 valence electrons. The second-order valence-corrected chi connectivity index (χ2v) is 12.8. The summed E-state index contributed by atoms with van der Waals surface area (Å²) < 4.78 is 11.0. The summed E-state index contributed by atoms with van der Waals surface area (Å²) in [5, 5.41) is 21.8. The maximum Gasteiger partial charge on any atom is 0.336 e. The number of aliphatic hydroxyl groups is 2. The van der Waals surface area contributed by atoms with Gasteiger partial charge in [-0.3, -0.25) is 9.59 Å². The largest absolute Gasteiger partial charge is 0.459 e. The lowest BCUT2D eigenvalue weighted by Crippen LogP contribution is -2.71. The van der Waals surface area contributed by atoms with E-state index in [9.17, 15) is 24.6 Å². The number of esters is 2. The molecule has 1 unspecified atom stereocenters. The molecule has 35 heavy (non-hydrogen) atoms. The molecule has 4 aliphatic carbocycles. The zero-order chi connectivity index (χ0) is 25.7. The van der Waals surface area contributed by atoms with E-state index in [1.165, 1.54) is 13.0 Å². The van der Waals surface area contributed by atoms with Crippen LogP contribution >= 0.6 is 0 Å². The summed E-state index contributed by atoms with van der Waals surface area (Å²) in [7, 11) is 0. The van der Waals surface area contributed by atoms with E-state index in [4.69, 9.17) is 9.47 Å². The number of ketones is 1. The molecular weight excluding hydrogens is 448 g/mol. The molecule has 9 atom stereocenters. The molecule has 3 fully saturated rings. The lowest BCUT2D eigenvalue weighted by Gasteiger charge is -2.68. The van der Waals surface area contributed by atoms with Gasteiger partial charge in [0, 0.05) is 41.6 Å². The van der Waals surface area contributed by atoms with Gasteiger partial charge in [-0.2, -0.15) is 0 Å². The van der Waals surface area contributed by atoms with Crippen molar-refractivity contribution in [2.24, 2.45) is 39.4 Å². The van der Waals surface area contributed by atoms with Crippen LogP contribution in [0.4, 0.5) is 0 Å². The van der Waals surface area contributed by atoms with E-state index in [1.807, 2.05) is 13.8 Å². The Kier molecular flexibility index (Phi) is 5.30. The number of allylic oxidation sites excluding steroid dienone is 1. The van der Waals surface area contributed by atoms with Crippen LogP contribution in [-0.4, -0.2) is 46.4 Å². The third-order valence-electron chi connectivity index (χ3n) is 10.8. The monoisotopic (exact) mass is 486 g/mol. The van der Waals surface area contributed by atoms with E-state index >= 15 is 0 Å². The van der Waals surface area contributed by atoms with Gasteiger partial charge in [-0.15, -0.1) is 0 Å². The van der Waals surface area contributed by atoms with Gasteiger partial charge in [0.15, 0.2) is 0 Å². The van der Waals surface area contributed by atoms with Crippen LogP contribution in [0.1, 0.15) is 73.6 Å². The Morgan fingerprint density at radius 2 is 1.80 bits per heavy atom. The van der Waals surface area contributed by atoms with Gasteiger partial charge >= 0.3 is 11.9 Å². The number of carbonyl (C=O) groups excluding carboxylic acids is 3. The fourth-order valence-electron chi connectivity index (χ4n) is 9.49. The van der Waals surface area contributed by atoms with Crippen LogP contribution in [0.2, 0.25) is 0 Å². The van der Waals surface area contributed by atoms with Gasteiger partial charge in [0.25, 0.3) is 0 Å². The zero-order valence-corrected chi connectivity index (χ0v) is 21.6.